The van der Waals surface area contributed by atoms with Crippen LogP contribution in [0.5, 0.6) is 0 Å². The van der Waals surface area contributed by atoms with Crippen LogP contribution in [0, 0.1) is 0 Å². The van der Waals surface area contributed by atoms with Crippen molar-refractivity contribution in [1.82, 2.24) is 10.2 Å². The van der Waals surface area contributed by atoms with E-state index in [1.807, 2.05) is 0 Å². The first kappa shape index (κ1) is 9.73. The zero-order valence-corrected chi connectivity index (χ0v) is 8.15. The molecule has 0 aromatic rings. The Morgan fingerprint density at radius 2 is 2.14 bits per heavy atom. The summed E-state index contributed by atoms with van der Waals surface area (Å²) >= 11 is 0. The molecule has 2 fully saturated rings. The molecule has 0 aromatic heterocycles. The first-order chi connectivity index (χ1) is 6.66. The molecule has 0 unspecified atom stereocenters. The molecule has 2 atom stereocenters. The number of piperidine rings is 1. The molecule has 2 rings (SSSR count). The summed E-state index contributed by atoms with van der Waals surface area (Å²) < 4.78 is 0. The Morgan fingerprint density at radius 1 is 1.43 bits per heavy atom. The molecule has 1 heterocycles. The highest BCUT2D eigenvalue weighted by atomic mass is 16.4. The molecule has 1 aliphatic heterocycles. The van der Waals surface area contributed by atoms with E-state index in [2.05, 4.69) is 10.2 Å². The lowest BCUT2D eigenvalue weighted by Crippen LogP contribution is -2.58. The molecule has 0 bridgehead atoms. The molecule has 4 N–H and O–H groups in total. The molecule has 5 nitrogen and oxygen atoms in total. The number of carbonyl (C=O) groups is 1. The van der Waals surface area contributed by atoms with Crippen molar-refractivity contribution in [3.05, 3.63) is 0 Å². The number of carboxylic acid groups (broad SMARTS) is 1. The van der Waals surface area contributed by atoms with Gasteiger partial charge in [-0.2, -0.15) is 0 Å². The molecule has 14 heavy (non-hydrogen) atoms. The third-order valence-corrected chi connectivity index (χ3v) is 3.07. The third-order valence-electron chi connectivity index (χ3n) is 3.07. The fourth-order valence-corrected chi connectivity index (χ4v) is 2.08. The van der Waals surface area contributed by atoms with Crippen molar-refractivity contribution in [2.45, 2.75) is 37.4 Å². The molecule has 1 saturated carbocycles. The Labute approximate surface area is 83.3 Å². The Kier molecular flexibility index (Phi) is 2.60. The highest BCUT2D eigenvalue weighted by Crippen LogP contribution is 2.29. The minimum Gasteiger partial charge on any atom is -0.465 e. The van der Waals surface area contributed by atoms with Gasteiger partial charge in [-0.05, 0) is 19.3 Å². The summed E-state index contributed by atoms with van der Waals surface area (Å²) in [6.45, 7) is 1.79. The number of amides is 1. The molecule has 0 aromatic carbocycles. The van der Waals surface area contributed by atoms with Gasteiger partial charge in [-0.15, -0.1) is 0 Å². The molecule has 80 valence electrons. The lowest BCUT2D eigenvalue weighted by atomic mass is 10.0. The van der Waals surface area contributed by atoms with Crippen molar-refractivity contribution in [2.75, 3.05) is 13.1 Å². The maximum Gasteiger partial charge on any atom is 0.404 e. The van der Waals surface area contributed by atoms with Crippen LogP contribution < -0.4 is 11.1 Å². The fraction of sp³-hybridized carbons (Fsp3) is 0.889. The largest absolute Gasteiger partial charge is 0.465 e. The number of hydrogen-bond acceptors (Lipinski definition) is 3. The second-order valence-corrected chi connectivity index (χ2v) is 4.23. The van der Waals surface area contributed by atoms with Crippen LogP contribution in [0.3, 0.4) is 0 Å². The van der Waals surface area contributed by atoms with Gasteiger partial charge in [0.1, 0.15) is 0 Å². The number of nitrogens with one attached hydrogen (secondary N) is 1. The number of rotatable bonds is 2. The Bertz CT molecular complexity index is 230. The molecular formula is C9H17N3O2. The minimum atomic E-state index is -0.969. The maximum atomic E-state index is 10.5. The van der Waals surface area contributed by atoms with Crippen LogP contribution in [0.1, 0.15) is 19.3 Å². The summed E-state index contributed by atoms with van der Waals surface area (Å²) in [6, 6.07) is 0.573. The fourth-order valence-electron chi connectivity index (χ4n) is 2.08. The van der Waals surface area contributed by atoms with Crippen molar-refractivity contribution in [1.29, 1.82) is 0 Å². The number of hydrogen-bond donors (Lipinski definition) is 3. The summed E-state index contributed by atoms with van der Waals surface area (Å²) in [5.74, 6) is 0. The molecule has 5 heteroatoms. The monoisotopic (exact) mass is 199 g/mol. The van der Waals surface area contributed by atoms with E-state index < -0.39 is 6.09 Å². The first-order valence-corrected chi connectivity index (χ1v) is 5.16. The number of likely N-dealkylation sites (tertiary alicyclic amines) is 1. The van der Waals surface area contributed by atoms with E-state index in [0.717, 1.165) is 19.5 Å². The van der Waals surface area contributed by atoms with Crippen LogP contribution in [-0.2, 0) is 0 Å². The Hall–Kier alpha value is -0.810. The predicted molar refractivity (Wildman–Crippen MR) is 52.1 cm³/mol. The van der Waals surface area contributed by atoms with Crippen LogP contribution in [-0.4, -0.2) is 47.3 Å². The van der Waals surface area contributed by atoms with Gasteiger partial charge in [0.05, 0.1) is 6.04 Å². The van der Waals surface area contributed by atoms with Crippen molar-refractivity contribution in [2.24, 2.45) is 5.73 Å². The zero-order chi connectivity index (χ0) is 10.1. The van der Waals surface area contributed by atoms with Gasteiger partial charge < -0.3 is 16.2 Å². The summed E-state index contributed by atoms with van der Waals surface area (Å²) in [7, 11) is 0. The predicted octanol–water partition coefficient (Wildman–Crippen LogP) is -0.182. The van der Waals surface area contributed by atoms with Crippen LogP contribution in [0.25, 0.3) is 0 Å². The summed E-state index contributed by atoms with van der Waals surface area (Å²) in [4.78, 5) is 12.9. The molecule has 2 aliphatic rings. The van der Waals surface area contributed by atoms with Gasteiger partial charge in [-0.25, -0.2) is 4.79 Å². The standard InChI is InChI=1S/C9H17N3O2/c10-7-3-4-12(6-1-2-6)5-8(7)11-9(13)14/h6-8,11H,1-5,10H2,(H,13,14)/t7-,8+/m0/s1. The average molecular weight is 199 g/mol. The van der Waals surface area contributed by atoms with E-state index in [0.29, 0.717) is 6.04 Å². The highest BCUT2D eigenvalue weighted by molar-refractivity contribution is 5.65. The van der Waals surface area contributed by atoms with Gasteiger partial charge in [0.2, 0.25) is 0 Å². The van der Waals surface area contributed by atoms with Crippen molar-refractivity contribution < 1.29 is 9.90 Å². The summed E-state index contributed by atoms with van der Waals surface area (Å²) in [5.41, 5.74) is 5.86. The normalized spacial score (nSPS) is 34.1. The maximum absolute atomic E-state index is 10.5. The SMILES string of the molecule is N[C@H]1CCN(C2CC2)C[C@H]1NC(=O)O. The smallest absolute Gasteiger partial charge is 0.404 e. The molecular weight excluding hydrogens is 182 g/mol. The minimum absolute atomic E-state index is 0.0268. The van der Waals surface area contributed by atoms with Crippen LogP contribution in [0.4, 0.5) is 4.79 Å². The second kappa shape index (κ2) is 3.74. The molecule has 1 saturated heterocycles. The van der Waals surface area contributed by atoms with Crippen LogP contribution in [0.2, 0.25) is 0 Å². The lowest BCUT2D eigenvalue weighted by molar-refractivity contribution is 0.148. The summed E-state index contributed by atoms with van der Waals surface area (Å²) in [5, 5.41) is 11.1. The van der Waals surface area contributed by atoms with E-state index in [-0.39, 0.29) is 12.1 Å². The quantitative estimate of drug-likeness (QED) is 0.576. The van der Waals surface area contributed by atoms with Gasteiger partial charge in [-0.1, -0.05) is 0 Å². The zero-order valence-electron chi connectivity index (χ0n) is 8.15. The van der Waals surface area contributed by atoms with Gasteiger partial charge >= 0.3 is 6.09 Å². The highest BCUT2D eigenvalue weighted by Gasteiger charge is 2.35. The van der Waals surface area contributed by atoms with E-state index in [1.165, 1.54) is 12.8 Å². The number of nitrogens with two attached hydrogens (primary N) is 1. The van der Waals surface area contributed by atoms with E-state index in [9.17, 15) is 4.79 Å². The lowest BCUT2D eigenvalue weighted by Gasteiger charge is -2.36. The molecule has 0 radical (unpaired) electrons. The number of nitrogens with zero attached hydrogens (tertiary/aromatic N) is 1. The van der Waals surface area contributed by atoms with Crippen LogP contribution >= 0.6 is 0 Å². The summed E-state index contributed by atoms with van der Waals surface area (Å²) in [6.07, 6.45) is 2.44. The molecule has 1 aliphatic carbocycles. The van der Waals surface area contributed by atoms with Gasteiger partial charge in [0.25, 0.3) is 0 Å². The second-order valence-electron chi connectivity index (χ2n) is 4.23. The molecule has 0 spiro atoms. The molecule has 1 amide bonds. The van der Waals surface area contributed by atoms with Crippen molar-refractivity contribution in [3.8, 4) is 0 Å². The third kappa shape index (κ3) is 2.16. The topological polar surface area (TPSA) is 78.6 Å². The van der Waals surface area contributed by atoms with Gasteiger partial charge in [0.15, 0.2) is 0 Å². The van der Waals surface area contributed by atoms with E-state index in [4.69, 9.17) is 10.8 Å². The van der Waals surface area contributed by atoms with E-state index in [1.54, 1.807) is 0 Å². The van der Waals surface area contributed by atoms with E-state index >= 15 is 0 Å². The Morgan fingerprint density at radius 3 is 2.71 bits per heavy atom. The van der Waals surface area contributed by atoms with Crippen molar-refractivity contribution in [3.63, 3.8) is 0 Å². The van der Waals surface area contributed by atoms with Crippen LogP contribution in [0.15, 0.2) is 0 Å². The van der Waals surface area contributed by atoms with Gasteiger partial charge in [0, 0.05) is 25.2 Å². The van der Waals surface area contributed by atoms with Gasteiger partial charge in [-0.3, -0.25) is 4.90 Å². The first-order valence-electron chi connectivity index (χ1n) is 5.16. The van der Waals surface area contributed by atoms with Crippen molar-refractivity contribution >= 4 is 6.09 Å². The average Bonchev–Trinajstić information content (AvgIpc) is 2.91. The Balaban J connectivity index is 1.88.